The number of rotatable bonds is 29. The Balaban J connectivity index is 4.14. The monoisotopic (exact) mass is 549 g/mol. The summed E-state index contributed by atoms with van der Waals surface area (Å²) in [5.41, 5.74) is 0. The SMILES string of the molecule is CCCCCCCCCCCCCCCCCN(CCC)C(C(=O)O)S(=O)(=O)CCCCCCCCF. The number of alkyl halides is 1. The van der Waals surface area contributed by atoms with Gasteiger partial charge in [-0.15, -0.1) is 0 Å². The predicted octanol–water partition coefficient (Wildman–Crippen LogP) is 8.71. The van der Waals surface area contributed by atoms with Crippen LogP contribution in [0, 0.1) is 0 Å². The smallest absolute Gasteiger partial charge is 0.336 e. The molecule has 1 unspecified atom stereocenters. The van der Waals surface area contributed by atoms with Gasteiger partial charge in [0.1, 0.15) is 0 Å². The Morgan fingerprint density at radius 1 is 0.622 bits per heavy atom. The molecule has 0 rings (SSSR count). The Labute approximate surface area is 229 Å². The van der Waals surface area contributed by atoms with Gasteiger partial charge < -0.3 is 5.11 Å². The fourth-order valence-electron chi connectivity index (χ4n) is 5.07. The topological polar surface area (TPSA) is 74.7 Å². The molecule has 1 atom stereocenters. The standard InChI is InChI=1S/C30H60FNO4S/c1-3-5-6-7-8-9-10-11-12-13-14-15-17-20-23-27-32(26-4-2)29(30(33)34)37(35,36)28-24-21-18-16-19-22-25-31/h29H,3-28H2,1-2H3,(H,33,34). The van der Waals surface area contributed by atoms with Gasteiger partial charge in [0.2, 0.25) is 5.37 Å². The van der Waals surface area contributed by atoms with Crippen LogP contribution >= 0.6 is 0 Å². The second-order valence-electron chi connectivity index (χ2n) is 10.9. The molecule has 0 aliphatic rings. The summed E-state index contributed by atoms with van der Waals surface area (Å²) in [5, 5.41) is 8.34. The van der Waals surface area contributed by atoms with E-state index >= 15 is 0 Å². The lowest BCUT2D eigenvalue weighted by molar-refractivity contribution is -0.140. The summed E-state index contributed by atoms with van der Waals surface area (Å²) in [6.45, 7) is 4.92. The lowest BCUT2D eigenvalue weighted by Gasteiger charge is -2.28. The third-order valence-corrected chi connectivity index (χ3v) is 9.29. The first-order valence-corrected chi connectivity index (χ1v) is 17.4. The van der Waals surface area contributed by atoms with Gasteiger partial charge in [-0.3, -0.25) is 9.29 Å². The fraction of sp³-hybridized carbons (Fsp3) is 0.967. The molecule has 37 heavy (non-hydrogen) atoms. The molecule has 0 saturated heterocycles. The molecule has 222 valence electrons. The second-order valence-corrected chi connectivity index (χ2v) is 13.0. The number of sulfone groups is 1. The third-order valence-electron chi connectivity index (χ3n) is 7.26. The maximum Gasteiger partial charge on any atom is 0.336 e. The predicted molar refractivity (Wildman–Crippen MR) is 156 cm³/mol. The van der Waals surface area contributed by atoms with Crippen LogP contribution in [-0.4, -0.2) is 55.3 Å². The van der Waals surface area contributed by atoms with Gasteiger partial charge in [-0.1, -0.05) is 129 Å². The molecule has 0 aliphatic heterocycles. The molecule has 0 spiro atoms. The number of hydrogen-bond acceptors (Lipinski definition) is 4. The number of nitrogens with zero attached hydrogens (tertiary/aromatic N) is 1. The Morgan fingerprint density at radius 2 is 1.03 bits per heavy atom. The quantitative estimate of drug-likeness (QED) is 0.0944. The van der Waals surface area contributed by atoms with Gasteiger partial charge in [0.25, 0.3) is 0 Å². The zero-order valence-corrected chi connectivity index (χ0v) is 25.2. The first-order chi connectivity index (χ1) is 17.9. The number of halogens is 1. The third kappa shape index (κ3) is 20.9. The van der Waals surface area contributed by atoms with Crippen LogP contribution in [0.4, 0.5) is 4.39 Å². The van der Waals surface area contributed by atoms with Crippen molar-refractivity contribution in [1.29, 1.82) is 0 Å². The summed E-state index contributed by atoms with van der Waals surface area (Å²) in [6.07, 6.45) is 24.1. The van der Waals surface area contributed by atoms with Crippen molar-refractivity contribution in [3.05, 3.63) is 0 Å². The average molecular weight is 550 g/mol. The number of carboxylic acids is 1. The highest BCUT2D eigenvalue weighted by Crippen LogP contribution is 2.17. The van der Waals surface area contributed by atoms with Crippen molar-refractivity contribution in [3.8, 4) is 0 Å². The van der Waals surface area contributed by atoms with Gasteiger partial charge in [-0.25, -0.2) is 13.2 Å². The van der Waals surface area contributed by atoms with Crippen molar-refractivity contribution >= 4 is 15.8 Å². The number of unbranched alkanes of at least 4 members (excludes halogenated alkanes) is 19. The molecule has 0 radical (unpaired) electrons. The first kappa shape index (κ1) is 36.3. The number of aliphatic carboxylic acids is 1. The minimum Gasteiger partial charge on any atom is -0.479 e. The molecule has 0 aromatic heterocycles. The van der Waals surface area contributed by atoms with Crippen LogP contribution in [-0.2, 0) is 14.6 Å². The zero-order valence-electron chi connectivity index (χ0n) is 24.4. The molecule has 0 heterocycles. The first-order valence-electron chi connectivity index (χ1n) is 15.6. The second kappa shape index (κ2) is 25.6. The molecule has 0 bridgehead atoms. The van der Waals surface area contributed by atoms with Crippen LogP contribution in [0.3, 0.4) is 0 Å². The van der Waals surface area contributed by atoms with Crippen LogP contribution in [0.25, 0.3) is 0 Å². The van der Waals surface area contributed by atoms with Crippen LogP contribution in [0.15, 0.2) is 0 Å². The van der Waals surface area contributed by atoms with Crippen molar-refractivity contribution in [2.24, 2.45) is 0 Å². The van der Waals surface area contributed by atoms with E-state index in [2.05, 4.69) is 6.92 Å². The van der Waals surface area contributed by atoms with E-state index in [0.29, 0.717) is 25.9 Å². The van der Waals surface area contributed by atoms with E-state index in [4.69, 9.17) is 0 Å². The Kier molecular flexibility index (Phi) is 25.1. The largest absolute Gasteiger partial charge is 0.479 e. The van der Waals surface area contributed by atoms with E-state index in [1.54, 1.807) is 4.90 Å². The van der Waals surface area contributed by atoms with E-state index < -0.39 is 21.2 Å². The summed E-state index contributed by atoms with van der Waals surface area (Å²) in [7, 11) is -3.74. The maximum atomic E-state index is 12.9. The highest BCUT2D eigenvalue weighted by atomic mass is 32.2. The summed E-state index contributed by atoms with van der Waals surface area (Å²) in [6, 6.07) is 0. The van der Waals surface area contributed by atoms with Gasteiger partial charge in [0.15, 0.2) is 9.84 Å². The lowest BCUT2D eigenvalue weighted by Crippen LogP contribution is -2.48. The van der Waals surface area contributed by atoms with E-state index in [9.17, 15) is 22.7 Å². The normalized spacial score (nSPS) is 12.9. The lowest BCUT2D eigenvalue weighted by atomic mass is 10.0. The highest BCUT2D eigenvalue weighted by Gasteiger charge is 2.36. The summed E-state index contributed by atoms with van der Waals surface area (Å²) in [4.78, 5) is 13.6. The number of carboxylic acid groups (broad SMARTS) is 1. The zero-order chi connectivity index (χ0) is 27.6. The van der Waals surface area contributed by atoms with Crippen LogP contribution < -0.4 is 0 Å². The Hall–Kier alpha value is -0.690. The van der Waals surface area contributed by atoms with Crippen molar-refractivity contribution < 1.29 is 22.7 Å². The number of carbonyl (C=O) groups is 1. The molecule has 0 aromatic carbocycles. The molecule has 5 nitrogen and oxygen atoms in total. The molecular weight excluding hydrogens is 489 g/mol. The number of hydrogen-bond donors (Lipinski definition) is 1. The van der Waals surface area contributed by atoms with Gasteiger partial charge >= 0.3 is 5.97 Å². The van der Waals surface area contributed by atoms with Crippen molar-refractivity contribution in [2.75, 3.05) is 25.5 Å². The van der Waals surface area contributed by atoms with Gasteiger partial charge in [0, 0.05) is 0 Å². The van der Waals surface area contributed by atoms with Gasteiger partial charge in [0.05, 0.1) is 12.4 Å². The van der Waals surface area contributed by atoms with Crippen LogP contribution in [0.2, 0.25) is 0 Å². The molecule has 0 aromatic rings. The van der Waals surface area contributed by atoms with E-state index in [1.807, 2.05) is 6.92 Å². The Morgan fingerprint density at radius 3 is 1.43 bits per heavy atom. The van der Waals surface area contributed by atoms with Crippen LogP contribution in [0.1, 0.15) is 155 Å². The minimum absolute atomic E-state index is 0.0911. The highest BCUT2D eigenvalue weighted by molar-refractivity contribution is 7.92. The van der Waals surface area contributed by atoms with E-state index in [1.165, 1.54) is 77.0 Å². The fourth-order valence-corrected chi connectivity index (χ4v) is 6.88. The molecule has 1 N–H and O–H groups in total. The van der Waals surface area contributed by atoms with Crippen LogP contribution in [0.5, 0.6) is 0 Å². The molecular formula is C30H60FNO4S. The van der Waals surface area contributed by atoms with Crippen molar-refractivity contribution in [2.45, 2.75) is 160 Å². The molecule has 0 saturated carbocycles. The van der Waals surface area contributed by atoms with Gasteiger partial charge in [-0.05, 0) is 38.8 Å². The molecule has 7 heteroatoms. The summed E-state index contributed by atoms with van der Waals surface area (Å²) in [5.74, 6) is -1.34. The summed E-state index contributed by atoms with van der Waals surface area (Å²) < 4.78 is 38.0. The molecule has 0 amide bonds. The average Bonchev–Trinajstić information content (AvgIpc) is 2.85. The minimum atomic E-state index is -3.74. The summed E-state index contributed by atoms with van der Waals surface area (Å²) >= 11 is 0. The maximum absolute atomic E-state index is 12.9. The molecule has 0 fully saturated rings. The van der Waals surface area contributed by atoms with Crippen molar-refractivity contribution in [1.82, 2.24) is 4.90 Å². The van der Waals surface area contributed by atoms with E-state index in [0.717, 1.165) is 51.4 Å². The molecule has 0 aliphatic carbocycles. The van der Waals surface area contributed by atoms with Gasteiger partial charge in [-0.2, -0.15) is 0 Å². The van der Waals surface area contributed by atoms with Crippen molar-refractivity contribution in [3.63, 3.8) is 0 Å². The van der Waals surface area contributed by atoms with E-state index in [-0.39, 0.29) is 12.4 Å². The Bertz CT molecular complexity index is 615.